The molecular weight excluding hydrogens is 756 g/mol. The fourth-order valence-corrected chi connectivity index (χ4v) is 5.68. The first-order valence-corrected chi connectivity index (χ1v) is 19.4. The number of esters is 2. The Morgan fingerprint density at radius 1 is 0.638 bits per heavy atom. The number of hydrogen-bond donors (Lipinski definition) is 3. The second-order valence-corrected chi connectivity index (χ2v) is 13.6. The molecule has 1 heterocycles. The van der Waals surface area contributed by atoms with E-state index in [1.165, 1.54) is 14.0 Å². The molecule has 17 heteroatoms. The number of nitrogens with zero attached hydrogens (tertiary/aromatic N) is 1. The van der Waals surface area contributed by atoms with Gasteiger partial charge in [0, 0.05) is 38.6 Å². The van der Waals surface area contributed by atoms with Crippen LogP contribution in [0.25, 0.3) is 0 Å². The summed E-state index contributed by atoms with van der Waals surface area (Å²) in [7, 11) is 3.08. The lowest BCUT2D eigenvalue weighted by atomic mass is 10.1. The summed E-state index contributed by atoms with van der Waals surface area (Å²) in [5.74, 6) is -2.22. The number of hydrogen-bond acceptors (Lipinski definition) is 13. The summed E-state index contributed by atoms with van der Waals surface area (Å²) < 4.78 is 21.1. The average Bonchev–Trinajstić information content (AvgIpc) is 3.53. The molecule has 0 aliphatic carbocycles. The summed E-state index contributed by atoms with van der Waals surface area (Å²) >= 11 is 0. The van der Waals surface area contributed by atoms with Gasteiger partial charge in [0.2, 0.25) is 5.91 Å². The maximum atomic E-state index is 13.2. The Balaban J connectivity index is 1.38. The number of ether oxygens (including phenoxy) is 4. The minimum Gasteiger partial charge on any atom is -0.497 e. The summed E-state index contributed by atoms with van der Waals surface area (Å²) in [5.41, 5.74) is 1.41. The normalized spacial score (nSPS) is 13.2. The van der Waals surface area contributed by atoms with E-state index >= 15 is 0 Å². The number of Topliss-reactive ketones (excluding diaryl/α,β-unsaturated/α-hetero) is 1. The van der Waals surface area contributed by atoms with E-state index in [1.54, 1.807) is 55.6 Å². The molecule has 1 fully saturated rings. The molecule has 0 spiro atoms. The number of unbranched alkanes of at least 4 members (excludes halogenated alkanes) is 4. The molecule has 2 unspecified atom stereocenters. The lowest BCUT2D eigenvalue weighted by Crippen LogP contribution is -2.51. The summed E-state index contributed by atoms with van der Waals surface area (Å²) in [5, 5.41) is 8.51. The van der Waals surface area contributed by atoms with Crippen molar-refractivity contribution in [1.82, 2.24) is 21.0 Å². The number of amides is 5. The standard InChI is InChI=1S/C41H54N4O13/c1-28(46)33(10-8-9-25-42-35(47)11-6-4-5-7-12-39(51)58-45-36(48)22-23-37(45)49)43-41(53)44-34(40(52)57-27-30-15-19-32(55-3)20-16-30)21-24-38(50)56-26-29-13-17-31(54-2)18-14-29/h13-20,33-34H,4-12,21-27H2,1-3H3,(H,42,47)(H2,43,44,53). The minimum atomic E-state index is -1.23. The molecular formula is C41H54N4O13. The van der Waals surface area contributed by atoms with Crippen molar-refractivity contribution in [1.29, 1.82) is 0 Å². The third-order valence-electron chi connectivity index (χ3n) is 9.10. The third-order valence-corrected chi connectivity index (χ3v) is 9.10. The van der Waals surface area contributed by atoms with E-state index in [0.29, 0.717) is 73.6 Å². The van der Waals surface area contributed by atoms with Crippen molar-refractivity contribution in [2.24, 2.45) is 0 Å². The number of benzene rings is 2. The van der Waals surface area contributed by atoms with Gasteiger partial charge in [-0.2, -0.15) is 0 Å². The number of urea groups is 1. The highest BCUT2D eigenvalue weighted by Crippen LogP contribution is 2.16. The molecule has 2 aromatic rings. The quantitative estimate of drug-likeness (QED) is 0.0692. The van der Waals surface area contributed by atoms with Gasteiger partial charge in [0.25, 0.3) is 11.8 Å². The first kappa shape index (κ1) is 46.4. The topological polar surface area (TPSA) is 222 Å². The minimum absolute atomic E-state index is 0.00530. The van der Waals surface area contributed by atoms with E-state index in [2.05, 4.69) is 16.0 Å². The maximum absolute atomic E-state index is 13.2. The van der Waals surface area contributed by atoms with Gasteiger partial charge in [0.15, 0.2) is 5.78 Å². The van der Waals surface area contributed by atoms with Crippen LogP contribution in [-0.4, -0.2) is 85.4 Å². The fraction of sp³-hybridized carbons (Fsp3) is 0.512. The van der Waals surface area contributed by atoms with Crippen LogP contribution in [0.5, 0.6) is 11.5 Å². The van der Waals surface area contributed by atoms with Crippen LogP contribution in [0.4, 0.5) is 4.79 Å². The van der Waals surface area contributed by atoms with Crippen LogP contribution >= 0.6 is 0 Å². The van der Waals surface area contributed by atoms with Crippen molar-refractivity contribution in [3.05, 3.63) is 59.7 Å². The molecule has 0 radical (unpaired) electrons. The van der Waals surface area contributed by atoms with Crippen molar-refractivity contribution >= 4 is 47.4 Å². The Morgan fingerprint density at radius 3 is 1.76 bits per heavy atom. The summed E-state index contributed by atoms with van der Waals surface area (Å²) in [4.78, 5) is 103. The van der Waals surface area contributed by atoms with Crippen LogP contribution in [0, 0.1) is 0 Å². The SMILES string of the molecule is COc1ccc(COC(=O)CCC(NC(=O)NC(CCCCNC(=O)CCCCCCC(=O)ON2C(=O)CCC2=O)C(C)=O)C(=O)OCc2ccc(OC)cc2)cc1. The molecule has 1 saturated heterocycles. The zero-order valence-corrected chi connectivity index (χ0v) is 33.3. The molecule has 1 aliphatic heterocycles. The molecule has 2 atom stereocenters. The first-order valence-electron chi connectivity index (χ1n) is 19.4. The second-order valence-electron chi connectivity index (χ2n) is 13.6. The molecule has 3 rings (SSSR count). The summed E-state index contributed by atoms with van der Waals surface area (Å²) in [6.07, 6.45) is 3.90. The number of imide groups is 1. The van der Waals surface area contributed by atoms with Gasteiger partial charge < -0.3 is 39.7 Å². The average molecular weight is 811 g/mol. The zero-order valence-electron chi connectivity index (χ0n) is 33.3. The van der Waals surface area contributed by atoms with Gasteiger partial charge in [-0.05, 0) is 80.8 Å². The Kier molecular flexibility index (Phi) is 20.2. The van der Waals surface area contributed by atoms with Crippen LogP contribution < -0.4 is 25.4 Å². The van der Waals surface area contributed by atoms with Gasteiger partial charge >= 0.3 is 23.9 Å². The second kappa shape index (κ2) is 25.3. The van der Waals surface area contributed by atoms with Crippen LogP contribution in [0.2, 0.25) is 0 Å². The molecule has 58 heavy (non-hydrogen) atoms. The van der Waals surface area contributed by atoms with Crippen molar-refractivity contribution in [2.45, 2.75) is 116 Å². The highest BCUT2D eigenvalue weighted by atomic mass is 16.7. The molecule has 17 nitrogen and oxygen atoms in total. The highest BCUT2D eigenvalue weighted by Gasteiger charge is 2.32. The Morgan fingerprint density at radius 2 is 1.19 bits per heavy atom. The smallest absolute Gasteiger partial charge is 0.333 e. The first-order chi connectivity index (χ1) is 27.9. The fourth-order valence-electron chi connectivity index (χ4n) is 5.68. The lowest BCUT2D eigenvalue weighted by Gasteiger charge is -2.21. The molecule has 316 valence electrons. The molecule has 2 aromatic carbocycles. The predicted octanol–water partition coefficient (Wildman–Crippen LogP) is 4.13. The number of rotatable bonds is 26. The number of nitrogens with one attached hydrogen (secondary N) is 3. The summed E-state index contributed by atoms with van der Waals surface area (Å²) in [6, 6.07) is 11.0. The number of hydroxylamine groups is 2. The maximum Gasteiger partial charge on any atom is 0.333 e. The molecule has 0 saturated carbocycles. The largest absolute Gasteiger partial charge is 0.497 e. The Hall–Kier alpha value is -6.00. The third kappa shape index (κ3) is 17.4. The van der Waals surface area contributed by atoms with Gasteiger partial charge in [-0.1, -0.05) is 37.1 Å². The Bertz CT molecular complexity index is 1680. The van der Waals surface area contributed by atoms with Crippen molar-refractivity contribution in [3.8, 4) is 11.5 Å². The molecule has 0 aromatic heterocycles. The van der Waals surface area contributed by atoms with E-state index < -0.39 is 47.8 Å². The molecule has 3 N–H and O–H groups in total. The summed E-state index contributed by atoms with van der Waals surface area (Å²) in [6.45, 7) is 1.62. The van der Waals surface area contributed by atoms with E-state index in [0.717, 1.165) is 5.56 Å². The van der Waals surface area contributed by atoms with Gasteiger partial charge in [-0.3, -0.25) is 24.0 Å². The zero-order chi connectivity index (χ0) is 42.3. The van der Waals surface area contributed by atoms with Gasteiger partial charge in [0.1, 0.15) is 30.8 Å². The highest BCUT2D eigenvalue weighted by molar-refractivity contribution is 6.01. The number of carbonyl (C=O) groups excluding carboxylic acids is 8. The molecule has 0 bridgehead atoms. The van der Waals surface area contributed by atoms with Crippen LogP contribution in [-0.2, 0) is 61.1 Å². The number of carbonyl (C=O) groups is 8. The predicted molar refractivity (Wildman–Crippen MR) is 206 cm³/mol. The lowest BCUT2D eigenvalue weighted by molar-refractivity contribution is -0.197. The van der Waals surface area contributed by atoms with Crippen LogP contribution in [0.3, 0.4) is 0 Å². The number of methoxy groups -OCH3 is 2. The van der Waals surface area contributed by atoms with Gasteiger partial charge in [-0.25, -0.2) is 14.4 Å². The van der Waals surface area contributed by atoms with Crippen LogP contribution in [0.15, 0.2) is 48.5 Å². The van der Waals surface area contributed by atoms with E-state index in [4.69, 9.17) is 23.8 Å². The monoisotopic (exact) mass is 810 g/mol. The van der Waals surface area contributed by atoms with Crippen molar-refractivity contribution in [3.63, 3.8) is 0 Å². The molecule has 5 amide bonds. The molecule has 1 aliphatic rings. The van der Waals surface area contributed by atoms with E-state index in [9.17, 15) is 38.4 Å². The Labute approximate surface area is 337 Å². The van der Waals surface area contributed by atoms with Crippen molar-refractivity contribution in [2.75, 3.05) is 20.8 Å². The van der Waals surface area contributed by atoms with Crippen molar-refractivity contribution < 1.29 is 62.1 Å². The van der Waals surface area contributed by atoms with Gasteiger partial charge in [-0.15, -0.1) is 5.06 Å². The number of ketones is 1. The van der Waals surface area contributed by atoms with E-state index in [1.807, 2.05) is 0 Å². The van der Waals surface area contributed by atoms with Crippen LogP contribution in [0.1, 0.15) is 102 Å². The van der Waals surface area contributed by atoms with Gasteiger partial charge in [0.05, 0.1) is 20.3 Å². The van der Waals surface area contributed by atoms with E-state index in [-0.39, 0.29) is 63.4 Å².